The zero-order valence-corrected chi connectivity index (χ0v) is 19.6. The molecule has 168 valence electrons. The number of likely N-dealkylation sites (tertiary alicyclic amines) is 1. The summed E-state index contributed by atoms with van der Waals surface area (Å²) in [6.45, 7) is 2.04. The number of rotatable bonds is 7. The third-order valence-corrected chi connectivity index (χ3v) is 5.99. The highest BCUT2D eigenvalue weighted by Gasteiger charge is 2.27. The first-order valence-corrected chi connectivity index (χ1v) is 11.2. The highest BCUT2D eigenvalue weighted by molar-refractivity contribution is 9.10. The first-order chi connectivity index (χ1) is 15.6. The molecule has 9 heteroatoms. The molecule has 2 aromatic carbocycles. The highest BCUT2D eigenvalue weighted by atomic mass is 79.9. The number of nitrogens with zero attached hydrogens (tertiary/aromatic N) is 3. The molecule has 0 saturated carbocycles. The Morgan fingerprint density at radius 1 is 1.19 bits per heavy atom. The number of carbonyl (C=O) groups excluding carboxylic acids is 1. The summed E-state index contributed by atoms with van der Waals surface area (Å²) in [7, 11) is 3.18. The van der Waals surface area contributed by atoms with Crippen LogP contribution in [0.4, 0.5) is 5.69 Å². The molecule has 1 aromatic heterocycles. The van der Waals surface area contributed by atoms with Gasteiger partial charge in [-0.3, -0.25) is 9.69 Å². The number of carbonyl (C=O) groups is 1. The molecule has 8 nitrogen and oxygen atoms in total. The number of anilines is 1. The van der Waals surface area contributed by atoms with Crippen LogP contribution in [-0.4, -0.2) is 48.3 Å². The molecule has 1 saturated heterocycles. The van der Waals surface area contributed by atoms with Crippen molar-refractivity contribution in [3.05, 3.63) is 52.8 Å². The fourth-order valence-electron chi connectivity index (χ4n) is 3.79. The number of halogens is 1. The van der Waals surface area contributed by atoms with Gasteiger partial charge in [-0.2, -0.15) is 4.98 Å². The molecule has 0 radical (unpaired) electrons. The maximum atomic E-state index is 12.7. The van der Waals surface area contributed by atoms with E-state index in [1.807, 2.05) is 42.5 Å². The van der Waals surface area contributed by atoms with E-state index < -0.39 is 0 Å². The van der Waals surface area contributed by atoms with Gasteiger partial charge in [-0.15, -0.1) is 0 Å². The lowest BCUT2D eigenvalue weighted by atomic mass is 9.97. The van der Waals surface area contributed by atoms with Crippen molar-refractivity contribution in [1.82, 2.24) is 15.0 Å². The SMILES string of the molecule is COc1ccc(-c2noc(CN3CCCC(C(=O)Nc4ccc(Br)cc4)C3)n2)cc1OC. The number of nitrogens with one attached hydrogen (secondary N) is 1. The van der Waals surface area contributed by atoms with Gasteiger partial charge in [0.25, 0.3) is 0 Å². The summed E-state index contributed by atoms with van der Waals surface area (Å²) in [6, 6.07) is 13.1. The van der Waals surface area contributed by atoms with Crippen LogP contribution in [0, 0.1) is 5.92 Å². The van der Waals surface area contributed by atoms with Gasteiger partial charge in [-0.1, -0.05) is 21.1 Å². The maximum absolute atomic E-state index is 12.7. The molecule has 0 spiro atoms. The van der Waals surface area contributed by atoms with Gasteiger partial charge in [0.15, 0.2) is 11.5 Å². The lowest BCUT2D eigenvalue weighted by Crippen LogP contribution is -2.40. The Balaban J connectivity index is 1.38. The lowest BCUT2D eigenvalue weighted by molar-refractivity contribution is -0.121. The van der Waals surface area contributed by atoms with E-state index in [2.05, 4.69) is 36.3 Å². The molecule has 3 aromatic rings. The summed E-state index contributed by atoms with van der Waals surface area (Å²) in [5.41, 5.74) is 1.58. The number of amides is 1. The van der Waals surface area contributed by atoms with Crippen LogP contribution in [0.3, 0.4) is 0 Å². The van der Waals surface area contributed by atoms with Crippen LogP contribution in [0.5, 0.6) is 11.5 Å². The molecule has 1 amide bonds. The number of methoxy groups -OCH3 is 2. The number of ether oxygens (including phenoxy) is 2. The second-order valence-electron chi connectivity index (χ2n) is 7.65. The molecule has 1 unspecified atom stereocenters. The Labute approximate surface area is 195 Å². The van der Waals surface area contributed by atoms with Crippen molar-refractivity contribution < 1.29 is 18.8 Å². The quantitative estimate of drug-likeness (QED) is 0.515. The first-order valence-electron chi connectivity index (χ1n) is 10.4. The Morgan fingerprint density at radius 3 is 2.72 bits per heavy atom. The van der Waals surface area contributed by atoms with Gasteiger partial charge in [0.1, 0.15) is 0 Å². The second kappa shape index (κ2) is 10.1. The summed E-state index contributed by atoms with van der Waals surface area (Å²) in [6.07, 6.45) is 1.80. The van der Waals surface area contributed by atoms with Crippen molar-refractivity contribution >= 4 is 27.5 Å². The van der Waals surface area contributed by atoms with E-state index >= 15 is 0 Å². The number of aromatic nitrogens is 2. The smallest absolute Gasteiger partial charge is 0.241 e. The van der Waals surface area contributed by atoms with E-state index in [0.29, 0.717) is 36.3 Å². The Kier molecular flexibility index (Phi) is 7.06. The average molecular weight is 501 g/mol. The third-order valence-electron chi connectivity index (χ3n) is 5.46. The molecule has 32 heavy (non-hydrogen) atoms. The van der Waals surface area contributed by atoms with Gasteiger partial charge in [0.2, 0.25) is 17.6 Å². The number of hydrogen-bond acceptors (Lipinski definition) is 7. The van der Waals surface area contributed by atoms with Crippen molar-refractivity contribution in [2.75, 3.05) is 32.6 Å². The molecule has 1 aliphatic heterocycles. The van der Waals surface area contributed by atoms with E-state index in [0.717, 1.165) is 35.1 Å². The molecule has 0 aliphatic carbocycles. The predicted octanol–water partition coefficient (Wildman–Crippen LogP) is 4.37. The fraction of sp³-hybridized carbons (Fsp3) is 0.348. The standard InChI is InChI=1S/C23H25BrN4O4/c1-30-19-10-5-15(12-20(19)31-2)22-26-21(32-27-22)14-28-11-3-4-16(13-28)23(29)25-18-8-6-17(24)7-9-18/h5-10,12,16H,3-4,11,13-14H2,1-2H3,(H,25,29). The minimum atomic E-state index is -0.0827. The van der Waals surface area contributed by atoms with Crippen LogP contribution in [0.2, 0.25) is 0 Å². The molecular weight excluding hydrogens is 476 g/mol. The zero-order valence-electron chi connectivity index (χ0n) is 18.0. The second-order valence-corrected chi connectivity index (χ2v) is 8.57. The molecule has 1 N–H and O–H groups in total. The largest absolute Gasteiger partial charge is 0.493 e. The molecule has 0 bridgehead atoms. The molecule has 1 atom stereocenters. The monoisotopic (exact) mass is 500 g/mol. The summed E-state index contributed by atoms with van der Waals surface area (Å²) in [4.78, 5) is 19.4. The third kappa shape index (κ3) is 5.28. The van der Waals surface area contributed by atoms with Crippen LogP contribution in [0.25, 0.3) is 11.4 Å². The lowest BCUT2D eigenvalue weighted by Gasteiger charge is -2.30. The van der Waals surface area contributed by atoms with Gasteiger partial charge < -0.3 is 19.3 Å². The molecule has 4 rings (SSSR count). The van der Waals surface area contributed by atoms with E-state index in [9.17, 15) is 4.79 Å². The fourth-order valence-corrected chi connectivity index (χ4v) is 4.06. The molecule has 1 aliphatic rings. The van der Waals surface area contributed by atoms with Gasteiger partial charge >= 0.3 is 0 Å². The Morgan fingerprint density at radius 2 is 1.97 bits per heavy atom. The van der Waals surface area contributed by atoms with Crippen molar-refractivity contribution in [2.45, 2.75) is 19.4 Å². The minimum absolute atomic E-state index is 0.0357. The topological polar surface area (TPSA) is 89.7 Å². The van der Waals surface area contributed by atoms with Crippen LogP contribution in [-0.2, 0) is 11.3 Å². The summed E-state index contributed by atoms with van der Waals surface area (Å²) in [5, 5.41) is 7.12. The van der Waals surface area contributed by atoms with Crippen molar-refractivity contribution in [2.24, 2.45) is 5.92 Å². The van der Waals surface area contributed by atoms with Crippen LogP contribution < -0.4 is 14.8 Å². The van der Waals surface area contributed by atoms with E-state index in [1.165, 1.54) is 0 Å². The Hall–Kier alpha value is -2.91. The number of piperidine rings is 1. The summed E-state index contributed by atoms with van der Waals surface area (Å²) < 4.78 is 17.1. The number of hydrogen-bond donors (Lipinski definition) is 1. The van der Waals surface area contributed by atoms with Crippen molar-refractivity contribution in [1.29, 1.82) is 0 Å². The summed E-state index contributed by atoms with van der Waals surface area (Å²) >= 11 is 3.41. The number of benzene rings is 2. The minimum Gasteiger partial charge on any atom is -0.493 e. The predicted molar refractivity (Wildman–Crippen MR) is 124 cm³/mol. The maximum Gasteiger partial charge on any atom is 0.241 e. The zero-order chi connectivity index (χ0) is 22.5. The van der Waals surface area contributed by atoms with Gasteiger partial charge in [-0.25, -0.2) is 0 Å². The molecular formula is C23H25BrN4O4. The highest BCUT2D eigenvalue weighted by Crippen LogP contribution is 2.31. The van der Waals surface area contributed by atoms with Gasteiger partial charge in [0.05, 0.1) is 26.7 Å². The van der Waals surface area contributed by atoms with E-state index in [1.54, 1.807) is 14.2 Å². The van der Waals surface area contributed by atoms with E-state index in [4.69, 9.17) is 14.0 Å². The normalized spacial score (nSPS) is 16.5. The van der Waals surface area contributed by atoms with Crippen LogP contribution in [0.1, 0.15) is 18.7 Å². The van der Waals surface area contributed by atoms with E-state index in [-0.39, 0.29) is 11.8 Å². The van der Waals surface area contributed by atoms with Crippen molar-refractivity contribution in [3.8, 4) is 22.9 Å². The Bertz CT molecular complexity index is 1070. The molecule has 1 fully saturated rings. The van der Waals surface area contributed by atoms with Gasteiger partial charge in [0, 0.05) is 22.3 Å². The molecule has 2 heterocycles. The van der Waals surface area contributed by atoms with Crippen molar-refractivity contribution in [3.63, 3.8) is 0 Å². The van der Waals surface area contributed by atoms with Crippen LogP contribution >= 0.6 is 15.9 Å². The average Bonchev–Trinajstić information content (AvgIpc) is 3.28. The summed E-state index contributed by atoms with van der Waals surface area (Å²) in [5.74, 6) is 2.20. The van der Waals surface area contributed by atoms with Gasteiger partial charge in [-0.05, 0) is 61.9 Å². The van der Waals surface area contributed by atoms with Crippen LogP contribution in [0.15, 0.2) is 51.5 Å². The first kappa shape index (κ1) is 22.3.